The first-order valence-corrected chi connectivity index (χ1v) is 6.55. The van der Waals surface area contributed by atoms with Gasteiger partial charge in [0.05, 0.1) is 12.9 Å². The second-order valence-electron chi connectivity index (χ2n) is 4.39. The van der Waals surface area contributed by atoms with Crippen molar-refractivity contribution in [1.82, 2.24) is 19.9 Å². The fraction of sp³-hybridized carbons (Fsp3) is 0.583. The maximum atomic E-state index is 9.29. The molecule has 0 aliphatic carbocycles. The second kappa shape index (κ2) is 5.83. The number of rotatable bonds is 6. The molecule has 0 bridgehead atoms. The molecular formula is C12H20N6O. The predicted octanol–water partition coefficient (Wildman–Crippen LogP) is 0.922. The van der Waals surface area contributed by atoms with E-state index in [1.165, 1.54) is 0 Å². The van der Waals surface area contributed by atoms with Crippen molar-refractivity contribution < 1.29 is 5.11 Å². The van der Waals surface area contributed by atoms with Gasteiger partial charge in [-0.05, 0) is 12.8 Å². The van der Waals surface area contributed by atoms with Crippen LogP contribution < -0.4 is 10.6 Å². The van der Waals surface area contributed by atoms with Crippen LogP contribution in [0.3, 0.4) is 0 Å². The van der Waals surface area contributed by atoms with Crippen molar-refractivity contribution in [2.24, 2.45) is 0 Å². The molecule has 2 aromatic rings. The van der Waals surface area contributed by atoms with Crippen LogP contribution in [-0.2, 0) is 0 Å². The highest BCUT2D eigenvalue weighted by atomic mass is 16.3. The molecule has 0 fully saturated rings. The number of nitrogen functional groups attached to an aromatic ring is 1. The summed E-state index contributed by atoms with van der Waals surface area (Å²) >= 11 is 0. The zero-order chi connectivity index (χ0) is 13.8. The van der Waals surface area contributed by atoms with Gasteiger partial charge in [0, 0.05) is 12.6 Å². The average Bonchev–Trinajstić information content (AvgIpc) is 2.86. The van der Waals surface area contributed by atoms with Gasteiger partial charge in [0.15, 0.2) is 11.5 Å². The van der Waals surface area contributed by atoms with E-state index in [4.69, 9.17) is 5.73 Å². The monoisotopic (exact) mass is 264 g/mol. The van der Waals surface area contributed by atoms with Crippen molar-refractivity contribution in [1.29, 1.82) is 0 Å². The van der Waals surface area contributed by atoms with E-state index in [9.17, 15) is 5.11 Å². The first kappa shape index (κ1) is 13.5. The number of nitrogens with two attached hydrogens (primary N) is 1. The van der Waals surface area contributed by atoms with Gasteiger partial charge in [-0.25, -0.2) is 4.98 Å². The maximum Gasteiger partial charge on any atom is 0.224 e. The normalized spacial score (nSPS) is 11.4. The largest absolute Gasteiger partial charge is 0.395 e. The molecular weight excluding hydrogens is 244 g/mol. The Morgan fingerprint density at radius 2 is 2.11 bits per heavy atom. The summed E-state index contributed by atoms with van der Waals surface area (Å²) in [6.45, 7) is 4.81. The van der Waals surface area contributed by atoms with E-state index in [1.807, 2.05) is 0 Å². The lowest BCUT2D eigenvalue weighted by molar-refractivity contribution is 0.295. The van der Waals surface area contributed by atoms with Gasteiger partial charge < -0.3 is 20.7 Å². The quantitative estimate of drug-likeness (QED) is 0.716. The van der Waals surface area contributed by atoms with Crippen LogP contribution in [0.1, 0.15) is 26.7 Å². The maximum absolute atomic E-state index is 9.29. The van der Waals surface area contributed by atoms with Crippen molar-refractivity contribution >= 4 is 22.9 Å². The lowest BCUT2D eigenvalue weighted by Crippen LogP contribution is -2.37. The number of hydrogen-bond donors (Lipinski definition) is 3. The molecule has 0 saturated heterocycles. The number of H-pyrrole nitrogens is 1. The highest BCUT2D eigenvalue weighted by molar-refractivity contribution is 5.84. The second-order valence-corrected chi connectivity index (χ2v) is 4.39. The number of hydrogen-bond acceptors (Lipinski definition) is 6. The SMILES string of the molecule is CCC(CC)N(CCO)c1nc(N)nc2nc[nH]c12. The zero-order valence-electron chi connectivity index (χ0n) is 11.3. The minimum absolute atomic E-state index is 0.0655. The van der Waals surface area contributed by atoms with Gasteiger partial charge in [-0.2, -0.15) is 9.97 Å². The Balaban J connectivity index is 2.51. The van der Waals surface area contributed by atoms with E-state index in [1.54, 1.807) is 6.33 Å². The van der Waals surface area contributed by atoms with Crippen molar-refractivity contribution in [2.75, 3.05) is 23.8 Å². The minimum atomic E-state index is 0.0655. The molecule has 0 spiro atoms. The smallest absolute Gasteiger partial charge is 0.224 e. The molecule has 0 aromatic carbocycles. The van der Waals surface area contributed by atoms with E-state index in [2.05, 4.69) is 38.7 Å². The Kier molecular flexibility index (Phi) is 4.16. The van der Waals surface area contributed by atoms with Crippen LogP contribution in [-0.4, -0.2) is 44.2 Å². The number of imidazole rings is 1. The van der Waals surface area contributed by atoms with Gasteiger partial charge in [-0.1, -0.05) is 13.8 Å². The summed E-state index contributed by atoms with van der Waals surface area (Å²) in [6, 6.07) is 0.299. The topological polar surface area (TPSA) is 104 Å². The van der Waals surface area contributed by atoms with Crippen LogP contribution in [0.5, 0.6) is 0 Å². The molecule has 2 heterocycles. The molecule has 0 atom stereocenters. The van der Waals surface area contributed by atoms with Crippen molar-refractivity contribution in [3.05, 3.63) is 6.33 Å². The fourth-order valence-corrected chi connectivity index (χ4v) is 2.34. The van der Waals surface area contributed by atoms with Gasteiger partial charge in [-0.15, -0.1) is 0 Å². The minimum Gasteiger partial charge on any atom is -0.395 e. The Bertz CT molecular complexity index is 536. The Morgan fingerprint density at radius 3 is 2.74 bits per heavy atom. The van der Waals surface area contributed by atoms with E-state index in [0.29, 0.717) is 24.1 Å². The molecule has 0 aliphatic rings. The number of fused-ring (bicyclic) bond motifs is 1. The van der Waals surface area contributed by atoms with E-state index in [0.717, 1.165) is 18.4 Å². The molecule has 0 radical (unpaired) electrons. The summed E-state index contributed by atoms with van der Waals surface area (Å²) in [7, 11) is 0. The van der Waals surface area contributed by atoms with Crippen molar-refractivity contribution in [3.8, 4) is 0 Å². The van der Waals surface area contributed by atoms with Crippen molar-refractivity contribution in [3.63, 3.8) is 0 Å². The standard InChI is InChI=1S/C12H20N6O/c1-3-8(4-2)18(5-6-19)11-9-10(15-7-14-9)16-12(13)17-11/h7-8,19H,3-6H2,1-2H3,(H3,13,14,15,16,17). The zero-order valence-corrected chi connectivity index (χ0v) is 11.3. The van der Waals surface area contributed by atoms with Gasteiger partial charge in [0.25, 0.3) is 0 Å². The number of aromatic nitrogens is 4. The third-order valence-corrected chi connectivity index (χ3v) is 3.28. The summed E-state index contributed by atoms with van der Waals surface area (Å²) in [5, 5.41) is 9.29. The number of aromatic amines is 1. The summed E-state index contributed by atoms with van der Waals surface area (Å²) < 4.78 is 0. The molecule has 2 aromatic heterocycles. The molecule has 7 nitrogen and oxygen atoms in total. The fourth-order valence-electron chi connectivity index (χ4n) is 2.34. The van der Waals surface area contributed by atoms with E-state index in [-0.39, 0.29) is 12.6 Å². The van der Waals surface area contributed by atoms with Gasteiger partial charge >= 0.3 is 0 Å². The van der Waals surface area contributed by atoms with Crippen LogP contribution in [0.15, 0.2) is 6.33 Å². The predicted molar refractivity (Wildman–Crippen MR) is 74.9 cm³/mol. The van der Waals surface area contributed by atoms with Gasteiger partial charge in [0.2, 0.25) is 5.95 Å². The molecule has 19 heavy (non-hydrogen) atoms. The lowest BCUT2D eigenvalue weighted by Gasteiger charge is -2.31. The van der Waals surface area contributed by atoms with Crippen LogP contribution in [0.4, 0.5) is 11.8 Å². The molecule has 4 N–H and O–H groups in total. The number of anilines is 2. The highest BCUT2D eigenvalue weighted by Crippen LogP contribution is 2.25. The molecule has 0 amide bonds. The lowest BCUT2D eigenvalue weighted by atomic mass is 10.1. The Morgan fingerprint density at radius 1 is 1.37 bits per heavy atom. The average molecular weight is 264 g/mol. The van der Waals surface area contributed by atoms with Gasteiger partial charge in [-0.3, -0.25) is 0 Å². The Labute approximate surface area is 111 Å². The van der Waals surface area contributed by atoms with Crippen LogP contribution in [0.2, 0.25) is 0 Å². The highest BCUT2D eigenvalue weighted by Gasteiger charge is 2.21. The summed E-state index contributed by atoms with van der Waals surface area (Å²) in [6.07, 6.45) is 3.51. The van der Waals surface area contributed by atoms with Crippen LogP contribution >= 0.6 is 0 Å². The molecule has 2 rings (SSSR count). The number of aliphatic hydroxyl groups excluding tert-OH is 1. The Hall–Kier alpha value is -1.89. The molecule has 0 aliphatic heterocycles. The van der Waals surface area contributed by atoms with E-state index >= 15 is 0 Å². The van der Waals surface area contributed by atoms with Crippen LogP contribution in [0.25, 0.3) is 11.2 Å². The number of nitrogens with zero attached hydrogens (tertiary/aromatic N) is 4. The van der Waals surface area contributed by atoms with E-state index < -0.39 is 0 Å². The summed E-state index contributed by atoms with van der Waals surface area (Å²) in [5.41, 5.74) is 7.05. The van der Waals surface area contributed by atoms with Crippen LogP contribution in [0, 0.1) is 0 Å². The third-order valence-electron chi connectivity index (χ3n) is 3.28. The number of aliphatic hydroxyl groups is 1. The first-order chi connectivity index (χ1) is 9.21. The third kappa shape index (κ3) is 2.60. The first-order valence-electron chi connectivity index (χ1n) is 6.55. The van der Waals surface area contributed by atoms with Gasteiger partial charge in [0.1, 0.15) is 5.52 Å². The molecule has 0 saturated carbocycles. The number of nitrogens with one attached hydrogen (secondary N) is 1. The molecule has 0 unspecified atom stereocenters. The summed E-state index contributed by atoms with van der Waals surface area (Å²) in [5.74, 6) is 0.909. The van der Waals surface area contributed by atoms with Crippen molar-refractivity contribution in [2.45, 2.75) is 32.7 Å². The molecule has 7 heteroatoms. The molecule has 104 valence electrons. The summed E-state index contributed by atoms with van der Waals surface area (Å²) in [4.78, 5) is 17.6.